The number of hydrogen-bond donors (Lipinski definition) is 0. The number of nitrogens with zero attached hydrogens (tertiary/aromatic N) is 4. The summed E-state index contributed by atoms with van der Waals surface area (Å²) in [5, 5.41) is 4.39. The van der Waals surface area contributed by atoms with E-state index in [1.807, 2.05) is 57.3 Å². The number of fused-ring (bicyclic) bond motifs is 1. The lowest BCUT2D eigenvalue weighted by molar-refractivity contribution is 0.0726. The Morgan fingerprint density at radius 1 is 1.14 bits per heavy atom. The minimum Gasteiger partial charge on any atom is -0.454 e. The fourth-order valence-corrected chi connectivity index (χ4v) is 3.39. The SMILES string of the molecule is Cc1nn(C)c(C)c1C(=O)N(Cc1ccc2c(c1)OCO2)Cc1ccccn1. The van der Waals surface area contributed by atoms with E-state index in [0.717, 1.165) is 28.4 Å². The van der Waals surface area contributed by atoms with E-state index in [1.165, 1.54) is 0 Å². The van der Waals surface area contributed by atoms with E-state index in [2.05, 4.69) is 10.1 Å². The Hall–Kier alpha value is -3.35. The maximum absolute atomic E-state index is 13.4. The van der Waals surface area contributed by atoms with Gasteiger partial charge < -0.3 is 14.4 Å². The average molecular weight is 378 g/mol. The van der Waals surface area contributed by atoms with Crippen LogP contribution in [-0.4, -0.2) is 32.4 Å². The second-order valence-corrected chi connectivity index (χ2v) is 6.84. The second kappa shape index (κ2) is 7.34. The van der Waals surface area contributed by atoms with Gasteiger partial charge in [0.2, 0.25) is 6.79 Å². The molecule has 0 saturated heterocycles. The molecule has 0 spiro atoms. The van der Waals surface area contributed by atoms with Crippen molar-refractivity contribution in [1.82, 2.24) is 19.7 Å². The highest BCUT2D eigenvalue weighted by Crippen LogP contribution is 2.33. The molecule has 1 amide bonds. The molecule has 7 nitrogen and oxygen atoms in total. The number of pyridine rings is 1. The maximum Gasteiger partial charge on any atom is 0.258 e. The highest BCUT2D eigenvalue weighted by Gasteiger charge is 2.24. The molecular weight excluding hydrogens is 356 g/mol. The summed E-state index contributed by atoms with van der Waals surface area (Å²) < 4.78 is 12.6. The summed E-state index contributed by atoms with van der Waals surface area (Å²) in [6.07, 6.45) is 1.74. The largest absolute Gasteiger partial charge is 0.454 e. The number of rotatable bonds is 5. The number of benzene rings is 1. The van der Waals surface area contributed by atoms with Gasteiger partial charge in [-0.25, -0.2) is 0 Å². The molecule has 0 bridgehead atoms. The minimum absolute atomic E-state index is 0.0635. The lowest BCUT2D eigenvalue weighted by Crippen LogP contribution is -2.31. The fourth-order valence-electron chi connectivity index (χ4n) is 3.39. The molecule has 28 heavy (non-hydrogen) atoms. The molecule has 3 aromatic rings. The van der Waals surface area contributed by atoms with E-state index in [9.17, 15) is 4.79 Å². The van der Waals surface area contributed by atoms with Crippen molar-refractivity contribution < 1.29 is 14.3 Å². The molecule has 1 aliphatic rings. The molecule has 0 radical (unpaired) electrons. The van der Waals surface area contributed by atoms with Crippen molar-refractivity contribution in [2.75, 3.05) is 6.79 Å². The molecule has 0 aliphatic carbocycles. The van der Waals surface area contributed by atoms with Crippen molar-refractivity contribution in [2.45, 2.75) is 26.9 Å². The van der Waals surface area contributed by atoms with Crippen molar-refractivity contribution in [1.29, 1.82) is 0 Å². The van der Waals surface area contributed by atoms with Crippen LogP contribution in [0.4, 0.5) is 0 Å². The summed E-state index contributed by atoms with van der Waals surface area (Å²) in [6.45, 7) is 4.83. The van der Waals surface area contributed by atoms with Gasteiger partial charge in [0.05, 0.1) is 23.5 Å². The van der Waals surface area contributed by atoms with Gasteiger partial charge in [0.1, 0.15) is 0 Å². The molecule has 3 heterocycles. The van der Waals surface area contributed by atoms with Crippen molar-refractivity contribution in [2.24, 2.45) is 7.05 Å². The van der Waals surface area contributed by atoms with Gasteiger partial charge in [0.25, 0.3) is 5.91 Å². The first-order chi connectivity index (χ1) is 13.5. The average Bonchev–Trinajstić information content (AvgIpc) is 3.25. The first kappa shape index (κ1) is 18.0. The molecule has 7 heteroatoms. The molecule has 4 rings (SSSR count). The zero-order valence-corrected chi connectivity index (χ0v) is 16.2. The first-order valence-corrected chi connectivity index (χ1v) is 9.11. The molecule has 144 valence electrons. The summed E-state index contributed by atoms with van der Waals surface area (Å²) in [5.41, 5.74) is 4.00. The predicted molar refractivity (Wildman–Crippen MR) is 103 cm³/mol. The molecule has 0 fully saturated rings. The van der Waals surface area contributed by atoms with E-state index < -0.39 is 0 Å². The summed E-state index contributed by atoms with van der Waals surface area (Å²) >= 11 is 0. The normalized spacial score (nSPS) is 12.2. The smallest absolute Gasteiger partial charge is 0.258 e. The molecule has 0 saturated carbocycles. The summed E-state index contributed by atoms with van der Waals surface area (Å²) in [5.74, 6) is 1.37. The van der Waals surface area contributed by atoms with Crippen LogP contribution in [0, 0.1) is 13.8 Å². The first-order valence-electron chi connectivity index (χ1n) is 9.11. The van der Waals surface area contributed by atoms with E-state index in [-0.39, 0.29) is 12.7 Å². The monoisotopic (exact) mass is 378 g/mol. The van der Waals surface area contributed by atoms with Gasteiger partial charge in [-0.05, 0) is 43.7 Å². The lowest BCUT2D eigenvalue weighted by atomic mass is 10.1. The summed E-state index contributed by atoms with van der Waals surface area (Å²) in [4.78, 5) is 19.6. The number of aromatic nitrogens is 3. The van der Waals surface area contributed by atoms with Gasteiger partial charge in [-0.2, -0.15) is 5.10 Å². The molecule has 0 N–H and O–H groups in total. The van der Waals surface area contributed by atoms with Crippen LogP contribution in [-0.2, 0) is 20.1 Å². The molecule has 1 aliphatic heterocycles. The third kappa shape index (κ3) is 3.43. The zero-order valence-electron chi connectivity index (χ0n) is 16.2. The topological polar surface area (TPSA) is 69.5 Å². The molecular formula is C21H22N4O3. The van der Waals surface area contributed by atoms with Crippen LogP contribution >= 0.6 is 0 Å². The Bertz CT molecular complexity index is 1010. The van der Waals surface area contributed by atoms with Crippen LogP contribution in [0.2, 0.25) is 0 Å². The van der Waals surface area contributed by atoms with E-state index >= 15 is 0 Å². The number of amides is 1. The number of carbonyl (C=O) groups excluding carboxylic acids is 1. The lowest BCUT2D eigenvalue weighted by Gasteiger charge is -2.23. The van der Waals surface area contributed by atoms with Crippen molar-refractivity contribution >= 4 is 5.91 Å². The van der Waals surface area contributed by atoms with E-state index in [0.29, 0.717) is 24.4 Å². The van der Waals surface area contributed by atoms with Crippen LogP contribution in [0.5, 0.6) is 11.5 Å². The molecule has 2 aromatic heterocycles. The zero-order chi connectivity index (χ0) is 19.7. The Kier molecular flexibility index (Phi) is 4.73. The molecule has 1 aromatic carbocycles. The van der Waals surface area contributed by atoms with Crippen molar-refractivity contribution in [3.63, 3.8) is 0 Å². The maximum atomic E-state index is 13.4. The van der Waals surface area contributed by atoms with Crippen LogP contribution in [0.1, 0.15) is 33.0 Å². The highest BCUT2D eigenvalue weighted by molar-refractivity contribution is 5.96. The highest BCUT2D eigenvalue weighted by atomic mass is 16.7. The Balaban J connectivity index is 1.66. The number of ether oxygens (including phenoxy) is 2. The number of carbonyl (C=O) groups is 1. The quantitative estimate of drug-likeness (QED) is 0.683. The minimum atomic E-state index is -0.0635. The fraction of sp³-hybridized carbons (Fsp3) is 0.286. The third-order valence-electron chi connectivity index (χ3n) is 4.90. The molecule has 0 unspecified atom stereocenters. The molecule has 0 atom stereocenters. The number of aryl methyl sites for hydroxylation is 2. The number of hydrogen-bond acceptors (Lipinski definition) is 5. The Morgan fingerprint density at radius 3 is 2.68 bits per heavy atom. The van der Waals surface area contributed by atoms with E-state index in [1.54, 1.807) is 15.8 Å². The van der Waals surface area contributed by atoms with Gasteiger partial charge in [-0.15, -0.1) is 0 Å². The Morgan fingerprint density at radius 2 is 1.96 bits per heavy atom. The van der Waals surface area contributed by atoms with Gasteiger partial charge in [0, 0.05) is 25.5 Å². The van der Waals surface area contributed by atoms with Crippen LogP contribution < -0.4 is 9.47 Å². The van der Waals surface area contributed by atoms with Gasteiger partial charge in [0.15, 0.2) is 11.5 Å². The van der Waals surface area contributed by atoms with Crippen LogP contribution in [0.3, 0.4) is 0 Å². The third-order valence-corrected chi connectivity index (χ3v) is 4.90. The second-order valence-electron chi connectivity index (χ2n) is 6.84. The van der Waals surface area contributed by atoms with Crippen LogP contribution in [0.25, 0.3) is 0 Å². The van der Waals surface area contributed by atoms with E-state index in [4.69, 9.17) is 9.47 Å². The Labute approximate surface area is 163 Å². The predicted octanol–water partition coefficient (Wildman–Crippen LogP) is 3.00. The van der Waals surface area contributed by atoms with Gasteiger partial charge in [-0.1, -0.05) is 12.1 Å². The van der Waals surface area contributed by atoms with Crippen LogP contribution in [0.15, 0.2) is 42.6 Å². The van der Waals surface area contributed by atoms with Gasteiger partial charge in [-0.3, -0.25) is 14.5 Å². The van der Waals surface area contributed by atoms with Crippen molar-refractivity contribution in [3.8, 4) is 11.5 Å². The standard InChI is InChI=1S/C21H22N4O3/c1-14-20(15(2)24(3)23-14)21(26)25(12-17-6-4-5-9-22-17)11-16-7-8-18-19(10-16)28-13-27-18/h4-10H,11-13H2,1-3H3. The van der Waals surface area contributed by atoms with Crippen molar-refractivity contribution in [3.05, 3.63) is 70.8 Å². The summed E-state index contributed by atoms with van der Waals surface area (Å²) in [7, 11) is 1.85. The summed E-state index contributed by atoms with van der Waals surface area (Å²) in [6, 6.07) is 11.5. The van der Waals surface area contributed by atoms with Gasteiger partial charge >= 0.3 is 0 Å².